The second-order valence-corrected chi connectivity index (χ2v) is 6.73. The van der Waals surface area contributed by atoms with Gasteiger partial charge in [-0.15, -0.1) is 0 Å². The predicted molar refractivity (Wildman–Crippen MR) is 84.9 cm³/mol. The monoisotopic (exact) mass is 319 g/mol. The second-order valence-electron chi connectivity index (χ2n) is 6.73. The van der Waals surface area contributed by atoms with Crippen molar-refractivity contribution in [3.05, 3.63) is 17.5 Å². The van der Waals surface area contributed by atoms with E-state index < -0.39 is 0 Å². The number of carbonyl (C=O) groups excluding carboxylic acids is 2. The highest BCUT2D eigenvalue weighted by atomic mass is 16.5. The van der Waals surface area contributed by atoms with E-state index in [9.17, 15) is 9.59 Å². The summed E-state index contributed by atoms with van der Waals surface area (Å²) in [7, 11) is 0. The summed E-state index contributed by atoms with van der Waals surface area (Å²) in [6.45, 7) is 6.92. The molecule has 1 atom stereocenters. The van der Waals surface area contributed by atoms with Gasteiger partial charge in [0, 0.05) is 38.7 Å². The number of carbonyl (C=O) groups is 2. The number of hydrogen-bond acceptors (Lipinski definition) is 4. The van der Waals surface area contributed by atoms with Gasteiger partial charge in [0.15, 0.2) is 5.69 Å². The summed E-state index contributed by atoms with van der Waals surface area (Å²) < 4.78 is 5.20. The van der Waals surface area contributed by atoms with Crippen molar-refractivity contribution in [3.8, 4) is 0 Å². The Balaban J connectivity index is 1.67. The average Bonchev–Trinajstić information content (AvgIpc) is 3.24. The highest BCUT2D eigenvalue weighted by Crippen LogP contribution is 2.41. The van der Waals surface area contributed by atoms with Gasteiger partial charge in [-0.2, -0.15) is 0 Å². The Labute approximate surface area is 136 Å². The van der Waals surface area contributed by atoms with Gasteiger partial charge in [0.2, 0.25) is 5.91 Å². The number of aryl methyl sites for hydroxylation is 1. The lowest BCUT2D eigenvalue weighted by Crippen LogP contribution is -2.38. The number of hydrogen-bond donors (Lipinski definition) is 0. The Morgan fingerprint density at radius 2 is 2.09 bits per heavy atom. The summed E-state index contributed by atoms with van der Waals surface area (Å²) in [5.74, 6) is 0.854. The third-order valence-electron chi connectivity index (χ3n) is 5.01. The molecule has 1 aromatic rings. The third kappa shape index (κ3) is 2.86. The number of likely N-dealkylation sites (tertiary alicyclic amines) is 2. The molecule has 2 aliphatic rings. The van der Waals surface area contributed by atoms with Crippen LogP contribution in [0.5, 0.6) is 0 Å². The fraction of sp³-hybridized carbons (Fsp3) is 0.706. The van der Waals surface area contributed by atoms with Crippen LogP contribution in [0.2, 0.25) is 0 Å². The Morgan fingerprint density at radius 1 is 1.30 bits per heavy atom. The molecule has 1 spiro atoms. The first-order valence-corrected chi connectivity index (χ1v) is 8.64. The molecule has 2 amide bonds. The topological polar surface area (TPSA) is 66.7 Å². The van der Waals surface area contributed by atoms with Gasteiger partial charge in [0.05, 0.1) is 5.41 Å². The molecule has 1 unspecified atom stereocenters. The molecule has 2 fully saturated rings. The van der Waals surface area contributed by atoms with Crippen LogP contribution in [0.4, 0.5) is 0 Å². The van der Waals surface area contributed by atoms with Crippen LogP contribution in [0.1, 0.15) is 55.8 Å². The van der Waals surface area contributed by atoms with Crippen LogP contribution in [0.15, 0.2) is 10.6 Å². The van der Waals surface area contributed by atoms with E-state index in [4.69, 9.17) is 4.52 Å². The van der Waals surface area contributed by atoms with Crippen molar-refractivity contribution in [3.63, 3.8) is 0 Å². The molecule has 0 saturated carbocycles. The van der Waals surface area contributed by atoms with Crippen molar-refractivity contribution in [2.24, 2.45) is 5.41 Å². The minimum Gasteiger partial charge on any atom is -0.361 e. The molecule has 0 N–H and O–H groups in total. The van der Waals surface area contributed by atoms with E-state index in [1.54, 1.807) is 11.0 Å². The molecule has 23 heavy (non-hydrogen) atoms. The lowest BCUT2D eigenvalue weighted by Gasteiger charge is -2.23. The van der Waals surface area contributed by atoms with E-state index in [2.05, 4.69) is 19.0 Å². The largest absolute Gasteiger partial charge is 0.361 e. The summed E-state index contributed by atoms with van der Waals surface area (Å²) in [5.41, 5.74) is 0.00207. The zero-order valence-electron chi connectivity index (χ0n) is 14.0. The molecule has 6 heteroatoms. The smallest absolute Gasteiger partial charge is 0.276 e. The molecular weight excluding hydrogens is 294 g/mol. The lowest BCUT2D eigenvalue weighted by molar-refractivity contribution is -0.135. The van der Waals surface area contributed by atoms with Gasteiger partial charge in [-0.3, -0.25) is 9.59 Å². The van der Waals surface area contributed by atoms with Crippen molar-refractivity contribution in [2.45, 2.75) is 46.0 Å². The average molecular weight is 319 g/mol. The molecule has 2 aliphatic heterocycles. The van der Waals surface area contributed by atoms with Gasteiger partial charge >= 0.3 is 0 Å². The molecule has 1 aromatic heterocycles. The van der Waals surface area contributed by atoms with Crippen LogP contribution in [-0.2, 0) is 11.2 Å². The second kappa shape index (κ2) is 6.34. The third-order valence-corrected chi connectivity index (χ3v) is 5.01. The number of aromatic nitrogens is 1. The van der Waals surface area contributed by atoms with Crippen molar-refractivity contribution in [1.82, 2.24) is 15.0 Å². The summed E-state index contributed by atoms with van der Waals surface area (Å²) in [6, 6.07) is 1.73. The van der Waals surface area contributed by atoms with Crippen LogP contribution in [-0.4, -0.2) is 52.9 Å². The van der Waals surface area contributed by atoms with Gasteiger partial charge in [-0.25, -0.2) is 0 Å². The van der Waals surface area contributed by atoms with Gasteiger partial charge in [-0.1, -0.05) is 19.0 Å². The van der Waals surface area contributed by atoms with Crippen LogP contribution in [0.25, 0.3) is 0 Å². The van der Waals surface area contributed by atoms with Gasteiger partial charge in [0.1, 0.15) is 5.76 Å². The number of amides is 2. The van der Waals surface area contributed by atoms with E-state index in [0.29, 0.717) is 18.8 Å². The molecule has 0 aliphatic carbocycles. The summed E-state index contributed by atoms with van der Waals surface area (Å²) >= 11 is 0. The standard InChI is InChI=1S/C17H25N3O3/c1-3-5-13-11-14(18-23-13)15(21)20-10-7-17(12-20)6-9-19(8-4-2)16(17)22/h11H,3-10,12H2,1-2H3. The lowest BCUT2D eigenvalue weighted by atomic mass is 9.85. The fourth-order valence-corrected chi connectivity index (χ4v) is 3.74. The molecule has 2 saturated heterocycles. The van der Waals surface area contributed by atoms with E-state index in [-0.39, 0.29) is 17.2 Å². The fourth-order valence-electron chi connectivity index (χ4n) is 3.74. The zero-order valence-corrected chi connectivity index (χ0v) is 14.0. The first kappa shape index (κ1) is 16.0. The zero-order chi connectivity index (χ0) is 16.4. The summed E-state index contributed by atoms with van der Waals surface area (Å²) in [6.07, 6.45) is 4.34. The molecule has 0 radical (unpaired) electrons. The van der Waals surface area contributed by atoms with E-state index in [1.807, 2.05) is 4.90 Å². The Kier molecular flexibility index (Phi) is 4.41. The molecule has 0 bridgehead atoms. The molecular formula is C17H25N3O3. The van der Waals surface area contributed by atoms with Crippen molar-refractivity contribution in [1.29, 1.82) is 0 Å². The van der Waals surface area contributed by atoms with E-state index in [1.165, 1.54) is 0 Å². The maximum atomic E-state index is 12.7. The van der Waals surface area contributed by atoms with E-state index >= 15 is 0 Å². The predicted octanol–water partition coefficient (Wildman–Crippen LogP) is 2.10. The highest BCUT2D eigenvalue weighted by molar-refractivity contribution is 5.94. The Morgan fingerprint density at radius 3 is 2.83 bits per heavy atom. The van der Waals surface area contributed by atoms with Crippen LogP contribution in [0, 0.1) is 5.41 Å². The molecule has 126 valence electrons. The van der Waals surface area contributed by atoms with Crippen LogP contribution < -0.4 is 0 Å². The Hall–Kier alpha value is -1.85. The summed E-state index contributed by atoms with van der Waals surface area (Å²) in [4.78, 5) is 29.0. The van der Waals surface area contributed by atoms with Crippen molar-refractivity contribution >= 4 is 11.8 Å². The highest BCUT2D eigenvalue weighted by Gasteiger charge is 2.51. The summed E-state index contributed by atoms with van der Waals surface area (Å²) in [5, 5.41) is 3.90. The van der Waals surface area contributed by atoms with Crippen molar-refractivity contribution < 1.29 is 14.1 Å². The normalized spacial score (nSPS) is 24.2. The Bertz CT molecular complexity index is 598. The van der Waals surface area contributed by atoms with Crippen LogP contribution in [0.3, 0.4) is 0 Å². The minimum atomic E-state index is -0.360. The maximum Gasteiger partial charge on any atom is 0.276 e. The first-order valence-electron chi connectivity index (χ1n) is 8.64. The van der Waals surface area contributed by atoms with E-state index in [0.717, 1.165) is 51.0 Å². The minimum absolute atomic E-state index is 0.116. The quantitative estimate of drug-likeness (QED) is 0.833. The van der Waals surface area contributed by atoms with Crippen molar-refractivity contribution in [2.75, 3.05) is 26.2 Å². The van der Waals surface area contributed by atoms with Crippen LogP contribution >= 0.6 is 0 Å². The molecule has 3 heterocycles. The number of nitrogens with zero attached hydrogens (tertiary/aromatic N) is 3. The molecule has 0 aromatic carbocycles. The maximum absolute atomic E-state index is 12.7. The number of rotatable bonds is 5. The molecule has 6 nitrogen and oxygen atoms in total. The molecule has 3 rings (SSSR count). The SMILES string of the molecule is CCCc1cc(C(=O)N2CCC3(CCN(CCC)C3=O)C2)no1. The van der Waals surface area contributed by atoms with Gasteiger partial charge in [-0.05, 0) is 25.7 Å². The van der Waals surface area contributed by atoms with Gasteiger partial charge < -0.3 is 14.3 Å². The van der Waals surface area contributed by atoms with Gasteiger partial charge in [0.25, 0.3) is 5.91 Å². The first-order chi connectivity index (χ1) is 11.1.